The van der Waals surface area contributed by atoms with Crippen LogP contribution in [0.5, 0.6) is 0 Å². The summed E-state index contributed by atoms with van der Waals surface area (Å²) in [6, 6.07) is 0.472. The number of hydrogen-bond donors (Lipinski definition) is 1. The van der Waals surface area contributed by atoms with Crippen molar-refractivity contribution < 1.29 is 0 Å². The molecule has 2 rings (SSSR count). The van der Waals surface area contributed by atoms with Crippen LogP contribution in [0.3, 0.4) is 0 Å². The largest absolute Gasteiger partial charge is 0.306 e. The second-order valence-electron chi connectivity index (χ2n) is 4.54. The van der Waals surface area contributed by atoms with Crippen LogP contribution in [0.25, 0.3) is 0 Å². The summed E-state index contributed by atoms with van der Waals surface area (Å²) in [7, 11) is 0. The molecule has 0 saturated heterocycles. The third-order valence-corrected chi connectivity index (χ3v) is 4.87. The van der Waals surface area contributed by atoms with Crippen molar-refractivity contribution in [1.82, 2.24) is 10.3 Å². The molecule has 16 heavy (non-hydrogen) atoms. The van der Waals surface area contributed by atoms with Gasteiger partial charge in [-0.2, -0.15) is 0 Å². The first-order valence-electron chi connectivity index (χ1n) is 5.97. The van der Waals surface area contributed by atoms with Crippen LogP contribution < -0.4 is 5.32 Å². The van der Waals surface area contributed by atoms with Crippen molar-refractivity contribution in [3.8, 4) is 0 Å². The molecule has 0 amide bonds. The Morgan fingerprint density at radius 2 is 2.12 bits per heavy atom. The minimum absolute atomic E-state index is 0.302. The molecule has 1 N–H and O–H groups in total. The molecule has 0 aliphatic heterocycles. The van der Waals surface area contributed by atoms with Gasteiger partial charge in [-0.1, -0.05) is 12.8 Å². The fraction of sp³-hybridized carbons (Fsp3) is 0.750. The van der Waals surface area contributed by atoms with E-state index < -0.39 is 0 Å². The van der Waals surface area contributed by atoms with Gasteiger partial charge in [0, 0.05) is 22.8 Å². The van der Waals surface area contributed by atoms with Gasteiger partial charge in [-0.15, -0.1) is 22.9 Å². The second kappa shape index (κ2) is 5.48. The Hall–Kier alpha value is -0.120. The summed E-state index contributed by atoms with van der Waals surface area (Å²) in [4.78, 5) is 5.85. The standard InChI is InChI=1S/C12H19ClN2S/c1-8-9(2)16-12(15-8)7-14-11-6-4-3-5-10(11)13/h10-11,14H,3-7H2,1-2H3. The third-order valence-electron chi connectivity index (χ3n) is 3.27. The molecule has 0 spiro atoms. The normalized spacial score (nSPS) is 25.9. The van der Waals surface area contributed by atoms with E-state index in [-0.39, 0.29) is 0 Å². The highest BCUT2D eigenvalue weighted by molar-refractivity contribution is 7.11. The lowest BCUT2D eigenvalue weighted by molar-refractivity contribution is 0.378. The molecule has 2 unspecified atom stereocenters. The van der Waals surface area contributed by atoms with Crippen molar-refractivity contribution in [3.63, 3.8) is 0 Å². The molecule has 4 heteroatoms. The van der Waals surface area contributed by atoms with Gasteiger partial charge >= 0.3 is 0 Å². The maximum atomic E-state index is 6.31. The molecule has 1 saturated carbocycles. The molecule has 1 aromatic rings. The molecule has 1 aliphatic rings. The summed E-state index contributed by atoms with van der Waals surface area (Å²) in [5, 5.41) is 5.03. The number of nitrogens with zero attached hydrogens (tertiary/aromatic N) is 1. The van der Waals surface area contributed by atoms with Gasteiger partial charge in [-0.3, -0.25) is 0 Å². The minimum atomic E-state index is 0.302. The van der Waals surface area contributed by atoms with Gasteiger partial charge < -0.3 is 5.32 Å². The molecule has 1 aromatic heterocycles. The van der Waals surface area contributed by atoms with Gasteiger partial charge in [-0.25, -0.2) is 4.98 Å². The first kappa shape index (κ1) is 12.3. The molecule has 2 atom stereocenters. The van der Waals surface area contributed by atoms with Crippen LogP contribution in [0.1, 0.15) is 41.3 Å². The smallest absolute Gasteiger partial charge is 0.107 e. The average Bonchev–Trinajstić information content (AvgIpc) is 2.57. The van der Waals surface area contributed by atoms with Crippen LogP contribution in [0.2, 0.25) is 0 Å². The van der Waals surface area contributed by atoms with E-state index in [1.807, 2.05) is 0 Å². The predicted octanol–water partition coefficient (Wildman–Crippen LogP) is 3.40. The molecule has 2 nitrogen and oxygen atoms in total. The van der Waals surface area contributed by atoms with Crippen LogP contribution in [0.4, 0.5) is 0 Å². The summed E-state index contributed by atoms with van der Waals surface area (Å²) in [6.07, 6.45) is 4.94. The van der Waals surface area contributed by atoms with Gasteiger partial charge in [-0.05, 0) is 26.7 Å². The van der Waals surface area contributed by atoms with Crippen LogP contribution in [0.15, 0.2) is 0 Å². The third kappa shape index (κ3) is 2.96. The van der Waals surface area contributed by atoms with Crippen molar-refractivity contribution >= 4 is 22.9 Å². The van der Waals surface area contributed by atoms with E-state index in [9.17, 15) is 0 Å². The van der Waals surface area contributed by atoms with E-state index >= 15 is 0 Å². The molecule has 1 fully saturated rings. The predicted molar refractivity (Wildman–Crippen MR) is 70.3 cm³/mol. The van der Waals surface area contributed by atoms with Crippen LogP contribution >= 0.6 is 22.9 Å². The number of nitrogens with one attached hydrogen (secondary N) is 1. The fourth-order valence-electron chi connectivity index (χ4n) is 2.15. The Morgan fingerprint density at radius 1 is 1.38 bits per heavy atom. The van der Waals surface area contributed by atoms with Crippen molar-refractivity contribution in [3.05, 3.63) is 15.6 Å². The number of alkyl halides is 1. The van der Waals surface area contributed by atoms with Gasteiger partial charge in [0.1, 0.15) is 5.01 Å². The van der Waals surface area contributed by atoms with Crippen molar-refractivity contribution in [2.24, 2.45) is 0 Å². The van der Waals surface area contributed by atoms with E-state index in [0.717, 1.165) is 18.7 Å². The first-order valence-corrected chi connectivity index (χ1v) is 7.22. The zero-order chi connectivity index (χ0) is 11.5. The van der Waals surface area contributed by atoms with Crippen LogP contribution in [-0.2, 0) is 6.54 Å². The summed E-state index contributed by atoms with van der Waals surface area (Å²) < 4.78 is 0. The number of aromatic nitrogens is 1. The van der Waals surface area contributed by atoms with E-state index in [1.165, 1.54) is 29.1 Å². The highest BCUT2D eigenvalue weighted by Crippen LogP contribution is 2.24. The summed E-state index contributed by atoms with van der Waals surface area (Å²) in [5.41, 5.74) is 1.16. The Balaban J connectivity index is 1.86. The molecule has 90 valence electrons. The van der Waals surface area contributed by atoms with Crippen LogP contribution in [0, 0.1) is 13.8 Å². The Morgan fingerprint density at radius 3 is 2.75 bits per heavy atom. The SMILES string of the molecule is Cc1nc(CNC2CCCCC2Cl)sc1C. The van der Waals surface area contributed by atoms with Crippen molar-refractivity contribution in [1.29, 1.82) is 0 Å². The lowest BCUT2D eigenvalue weighted by Gasteiger charge is -2.27. The Bertz CT molecular complexity index is 331. The molecule has 0 bridgehead atoms. The molecular weight excluding hydrogens is 240 g/mol. The quantitative estimate of drug-likeness (QED) is 0.841. The van der Waals surface area contributed by atoms with E-state index in [0.29, 0.717) is 11.4 Å². The number of rotatable bonds is 3. The van der Waals surface area contributed by atoms with Gasteiger partial charge in [0.2, 0.25) is 0 Å². The Kier molecular flexibility index (Phi) is 4.22. The summed E-state index contributed by atoms with van der Waals surface area (Å²) in [6.45, 7) is 5.06. The maximum Gasteiger partial charge on any atom is 0.107 e. The lowest BCUT2D eigenvalue weighted by atomic mass is 9.95. The monoisotopic (exact) mass is 258 g/mol. The number of halogens is 1. The second-order valence-corrected chi connectivity index (χ2v) is 6.39. The van der Waals surface area contributed by atoms with Gasteiger partial charge in [0.05, 0.1) is 5.69 Å². The lowest BCUT2D eigenvalue weighted by Crippen LogP contribution is -2.38. The number of hydrogen-bond acceptors (Lipinski definition) is 3. The first-order chi connectivity index (χ1) is 7.66. The molecule has 1 aliphatic carbocycles. The summed E-state index contributed by atoms with van der Waals surface area (Å²) in [5.74, 6) is 0. The maximum absolute atomic E-state index is 6.31. The van der Waals surface area contributed by atoms with Gasteiger partial charge in [0.25, 0.3) is 0 Å². The zero-order valence-electron chi connectivity index (χ0n) is 9.92. The average molecular weight is 259 g/mol. The van der Waals surface area contributed by atoms with E-state index in [2.05, 4.69) is 24.1 Å². The van der Waals surface area contributed by atoms with E-state index in [1.54, 1.807) is 11.3 Å². The van der Waals surface area contributed by atoms with Crippen LogP contribution in [-0.4, -0.2) is 16.4 Å². The molecular formula is C12H19ClN2S. The minimum Gasteiger partial charge on any atom is -0.306 e. The fourth-order valence-corrected chi connectivity index (χ4v) is 3.40. The molecule has 0 aromatic carbocycles. The number of thiazole rings is 1. The van der Waals surface area contributed by atoms with E-state index in [4.69, 9.17) is 11.6 Å². The molecule has 1 heterocycles. The number of aryl methyl sites for hydroxylation is 2. The zero-order valence-corrected chi connectivity index (χ0v) is 11.5. The van der Waals surface area contributed by atoms with Crippen molar-refractivity contribution in [2.45, 2.75) is 57.5 Å². The van der Waals surface area contributed by atoms with Gasteiger partial charge in [0.15, 0.2) is 0 Å². The Labute approximate surface area is 106 Å². The summed E-state index contributed by atoms with van der Waals surface area (Å²) >= 11 is 8.09. The molecule has 0 radical (unpaired) electrons. The van der Waals surface area contributed by atoms with Crippen molar-refractivity contribution in [2.75, 3.05) is 0 Å². The highest BCUT2D eigenvalue weighted by Gasteiger charge is 2.22. The topological polar surface area (TPSA) is 24.9 Å². The highest BCUT2D eigenvalue weighted by atomic mass is 35.5.